The van der Waals surface area contributed by atoms with Gasteiger partial charge in [-0.2, -0.15) is 5.10 Å². The van der Waals surface area contributed by atoms with Crippen LogP contribution in [0, 0.1) is 6.92 Å². The van der Waals surface area contributed by atoms with E-state index in [2.05, 4.69) is 15.5 Å². The third-order valence-electron chi connectivity index (χ3n) is 3.50. The lowest BCUT2D eigenvalue weighted by atomic mass is 10.1. The van der Waals surface area contributed by atoms with Crippen molar-refractivity contribution >= 4 is 28.7 Å². The van der Waals surface area contributed by atoms with Gasteiger partial charge in [-0.25, -0.2) is 9.78 Å². The molecule has 5 nitrogen and oxygen atoms in total. The van der Waals surface area contributed by atoms with E-state index < -0.39 is 5.97 Å². The van der Waals surface area contributed by atoms with Crippen LogP contribution < -0.4 is 5.43 Å². The number of thiazole rings is 1. The molecule has 3 rings (SSSR count). The van der Waals surface area contributed by atoms with Gasteiger partial charge in [-0.1, -0.05) is 71.5 Å². The molecule has 0 amide bonds. The number of benzene rings is 2. The monoisotopic (exact) mass is 351 g/mol. The topological polar surface area (TPSA) is 63.6 Å². The van der Waals surface area contributed by atoms with E-state index in [4.69, 9.17) is 4.74 Å². The van der Waals surface area contributed by atoms with E-state index in [1.807, 2.05) is 61.5 Å². The number of esters is 1. The molecular formula is C19H17N3O2S. The van der Waals surface area contributed by atoms with Crippen LogP contribution in [-0.2, 0) is 4.74 Å². The van der Waals surface area contributed by atoms with Crippen molar-refractivity contribution in [3.05, 3.63) is 70.6 Å². The van der Waals surface area contributed by atoms with E-state index >= 15 is 0 Å². The molecule has 25 heavy (non-hydrogen) atoms. The maximum absolute atomic E-state index is 12.0. The summed E-state index contributed by atoms with van der Waals surface area (Å²) in [7, 11) is 1.36. The van der Waals surface area contributed by atoms with E-state index in [0.717, 1.165) is 11.1 Å². The van der Waals surface area contributed by atoms with Crippen molar-refractivity contribution in [1.29, 1.82) is 0 Å². The fraction of sp³-hybridized carbons (Fsp3) is 0.105. The van der Waals surface area contributed by atoms with Crippen LogP contribution in [-0.4, -0.2) is 24.3 Å². The van der Waals surface area contributed by atoms with Crippen molar-refractivity contribution in [3.8, 4) is 11.3 Å². The number of nitrogens with one attached hydrogen (secondary N) is 1. The summed E-state index contributed by atoms with van der Waals surface area (Å²) >= 11 is 1.21. The second-order valence-corrected chi connectivity index (χ2v) is 6.33. The molecule has 126 valence electrons. The maximum atomic E-state index is 12.0. The van der Waals surface area contributed by atoms with Crippen molar-refractivity contribution < 1.29 is 9.53 Å². The zero-order valence-electron chi connectivity index (χ0n) is 13.9. The molecular weight excluding hydrogens is 334 g/mol. The summed E-state index contributed by atoms with van der Waals surface area (Å²) in [5, 5.41) is 4.73. The number of methoxy groups -OCH3 is 1. The van der Waals surface area contributed by atoms with Gasteiger partial charge in [0.1, 0.15) is 4.88 Å². The number of aryl methyl sites for hydroxylation is 1. The summed E-state index contributed by atoms with van der Waals surface area (Å²) < 4.78 is 4.86. The Morgan fingerprint density at radius 2 is 1.88 bits per heavy atom. The second kappa shape index (κ2) is 7.72. The minimum absolute atomic E-state index is 0.410. The molecule has 3 aromatic rings. The first kappa shape index (κ1) is 16.9. The molecule has 0 saturated carbocycles. The fourth-order valence-corrected chi connectivity index (χ4v) is 3.06. The quantitative estimate of drug-likeness (QED) is 0.422. The number of rotatable bonds is 5. The van der Waals surface area contributed by atoms with Gasteiger partial charge in [0.25, 0.3) is 0 Å². The largest absolute Gasteiger partial charge is 0.465 e. The van der Waals surface area contributed by atoms with Crippen molar-refractivity contribution in [2.75, 3.05) is 12.5 Å². The first-order valence-corrected chi connectivity index (χ1v) is 8.49. The van der Waals surface area contributed by atoms with Gasteiger partial charge in [0.15, 0.2) is 0 Å². The molecule has 1 N–H and O–H groups in total. The van der Waals surface area contributed by atoms with Gasteiger partial charge >= 0.3 is 5.97 Å². The van der Waals surface area contributed by atoms with Crippen molar-refractivity contribution in [2.24, 2.45) is 5.10 Å². The van der Waals surface area contributed by atoms with E-state index in [1.165, 1.54) is 24.0 Å². The molecule has 0 aliphatic carbocycles. The zero-order valence-corrected chi connectivity index (χ0v) is 14.7. The number of anilines is 1. The molecule has 6 heteroatoms. The minimum atomic E-state index is -0.410. The van der Waals surface area contributed by atoms with Crippen LogP contribution in [0.5, 0.6) is 0 Å². The molecule has 0 radical (unpaired) electrons. The van der Waals surface area contributed by atoms with Gasteiger partial charge in [-0.05, 0) is 12.5 Å². The summed E-state index contributed by atoms with van der Waals surface area (Å²) in [5.41, 5.74) is 6.50. The summed E-state index contributed by atoms with van der Waals surface area (Å²) in [6, 6.07) is 17.5. The smallest absolute Gasteiger partial charge is 0.350 e. The lowest BCUT2D eigenvalue weighted by Crippen LogP contribution is -2.00. The van der Waals surface area contributed by atoms with Crippen LogP contribution in [0.2, 0.25) is 0 Å². The first-order valence-electron chi connectivity index (χ1n) is 7.67. The Bertz CT molecular complexity index is 887. The molecule has 0 saturated heterocycles. The average Bonchev–Trinajstić information content (AvgIpc) is 3.08. The summed E-state index contributed by atoms with van der Waals surface area (Å²) in [5.74, 6) is -0.410. The molecule has 1 heterocycles. The number of hydrogen-bond acceptors (Lipinski definition) is 6. The third-order valence-corrected chi connectivity index (χ3v) is 4.44. The number of hydrazone groups is 1. The summed E-state index contributed by atoms with van der Waals surface area (Å²) in [4.78, 5) is 17.0. The molecule has 0 spiro atoms. The van der Waals surface area contributed by atoms with Gasteiger partial charge in [0.05, 0.1) is 19.0 Å². The Labute approximate surface area is 150 Å². The fourth-order valence-electron chi connectivity index (χ4n) is 2.21. The van der Waals surface area contributed by atoms with Gasteiger partial charge in [0.2, 0.25) is 5.13 Å². The second-order valence-electron chi connectivity index (χ2n) is 5.34. The molecule has 0 fully saturated rings. The minimum Gasteiger partial charge on any atom is -0.465 e. The SMILES string of the molecule is COC(=O)c1sc(N/N=C\c2ccc(C)cc2)nc1-c1ccccc1. The molecule has 0 aliphatic heterocycles. The molecule has 0 bridgehead atoms. The van der Waals surface area contributed by atoms with Crippen LogP contribution in [0.1, 0.15) is 20.8 Å². The number of aromatic nitrogens is 1. The van der Waals surface area contributed by atoms with Crippen LogP contribution in [0.25, 0.3) is 11.3 Å². The number of ether oxygens (including phenoxy) is 1. The van der Waals surface area contributed by atoms with E-state index in [1.54, 1.807) is 6.21 Å². The average molecular weight is 351 g/mol. The highest BCUT2D eigenvalue weighted by Gasteiger charge is 2.19. The van der Waals surface area contributed by atoms with Crippen molar-refractivity contribution in [3.63, 3.8) is 0 Å². The highest BCUT2D eigenvalue weighted by molar-refractivity contribution is 7.17. The molecule has 0 atom stereocenters. The Morgan fingerprint density at radius 1 is 1.16 bits per heavy atom. The Kier molecular flexibility index (Phi) is 5.20. The Balaban J connectivity index is 1.83. The molecule has 0 aliphatic rings. The van der Waals surface area contributed by atoms with E-state index in [-0.39, 0.29) is 0 Å². The predicted molar refractivity (Wildman–Crippen MR) is 101 cm³/mol. The number of carbonyl (C=O) groups excluding carboxylic acids is 1. The van der Waals surface area contributed by atoms with Gasteiger partial charge in [-0.15, -0.1) is 0 Å². The zero-order chi connectivity index (χ0) is 17.6. The maximum Gasteiger partial charge on any atom is 0.350 e. The lowest BCUT2D eigenvalue weighted by molar-refractivity contribution is 0.0607. The van der Waals surface area contributed by atoms with Gasteiger partial charge in [0, 0.05) is 5.56 Å². The first-order chi connectivity index (χ1) is 12.2. The molecule has 0 unspecified atom stereocenters. The number of hydrogen-bond donors (Lipinski definition) is 1. The van der Waals surface area contributed by atoms with Crippen molar-refractivity contribution in [2.45, 2.75) is 6.92 Å². The number of carbonyl (C=O) groups is 1. The third kappa shape index (κ3) is 4.10. The summed E-state index contributed by atoms with van der Waals surface area (Å²) in [6.07, 6.45) is 1.71. The van der Waals surface area contributed by atoms with Gasteiger partial charge in [-0.3, -0.25) is 5.43 Å². The standard InChI is InChI=1S/C19H17N3O2S/c1-13-8-10-14(11-9-13)12-20-22-19-21-16(15-6-4-3-5-7-15)17(25-19)18(23)24-2/h3-12H,1-2H3,(H,21,22)/b20-12-. The number of nitrogens with zero attached hydrogens (tertiary/aromatic N) is 2. The van der Waals surface area contributed by atoms with E-state index in [0.29, 0.717) is 15.7 Å². The van der Waals surface area contributed by atoms with Crippen molar-refractivity contribution in [1.82, 2.24) is 4.98 Å². The van der Waals surface area contributed by atoms with Crippen LogP contribution in [0.3, 0.4) is 0 Å². The Hall–Kier alpha value is -2.99. The van der Waals surface area contributed by atoms with Crippen LogP contribution in [0.15, 0.2) is 59.7 Å². The molecule has 2 aromatic carbocycles. The normalized spacial score (nSPS) is 10.8. The Morgan fingerprint density at radius 3 is 2.56 bits per heavy atom. The predicted octanol–water partition coefficient (Wildman–Crippen LogP) is 4.35. The summed E-state index contributed by atoms with van der Waals surface area (Å²) in [6.45, 7) is 2.04. The van der Waals surface area contributed by atoms with Crippen LogP contribution >= 0.6 is 11.3 Å². The van der Waals surface area contributed by atoms with Gasteiger partial charge < -0.3 is 4.74 Å². The molecule has 1 aromatic heterocycles. The highest BCUT2D eigenvalue weighted by atomic mass is 32.1. The lowest BCUT2D eigenvalue weighted by Gasteiger charge is -1.99. The van der Waals surface area contributed by atoms with E-state index in [9.17, 15) is 4.79 Å². The van der Waals surface area contributed by atoms with Crippen LogP contribution in [0.4, 0.5) is 5.13 Å². The highest BCUT2D eigenvalue weighted by Crippen LogP contribution is 2.31.